The molecule has 0 fully saturated rings. The van der Waals surface area contributed by atoms with Gasteiger partial charge < -0.3 is 27.9 Å². The highest BCUT2D eigenvalue weighted by Crippen LogP contribution is 2.38. The van der Waals surface area contributed by atoms with Gasteiger partial charge in [0.25, 0.3) is 7.82 Å². The second-order valence-corrected chi connectivity index (χ2v) is 24.5. The van der Waals surface area contributed by atoms with Crippen molar-refractivity contribution in [2.45, 2.75) is 309 Å². The van der Waals surface area contributed by atoms with Gasteiger partial charge in [-0.15, -0.1) is 0 Å². The Morgan fingerprint density at radius 2 is 0.740 bits per heavy atom. The van der Waals surface area contributed by atoms with Gasteiger partial charge in [-0.1, -0.05) is 274 Å². The minimum atomic E-state index is -4.63. The Bertz CT molecular complexity index is 1480. The highest BCUT2D eigenvalue weighted by atomic mass is 31.2. The monoisotopic (exact) mass is 1100 g/mol. The van der Waals surface area contributed by atoms with Crippen LogP contribution in [0.4, 0.5) is 0 Å². The Morgan fingerprint density at radius 1 is 0.416 bits per heavy atom. The highest BCUT2D eigenvalue weighted by Gasteiger charge is 2.22. The van der Waals surface area contributed by atoms with E-state index in [0.29, 0.717) is 17.4 Å². The zero-order valence-corrected chi connectivity index (χ0v) is 52.1. The standard InChI is InChI=1S/C67H124NO8P/c1-6-8-10-12-14-16-18-20-21-22-23-24-25-26-27-28-29-30-31-32-33-34-35-36-37-38-39-40-41-42-43-44-45-46-47-48-50-52-54-56-58-60-67(70)76-65(64-75-77(71,72)74-62-61-68(3,4)5)63-73-66(69)59-57-55-53-51-49-19-17-15-13-11-9-7-2/h8,10,14-17,20-21,23-24,65H,6-7,9,11-13,18-19,22,25-64H2,1-5H3/b10-8-,16-14-,17-15-,21-20-,24-23-. The quantitative estimate of drug-likeness (QED) is 0.0195. The normalized spacial score (nSPS) is 13.6. The molecule has 0 aromatic rings. The van der Waals surface area contributed by atoms with E-state index >= 15 is 0 Å². The molecule has 0 bridgehead atoms. The smallest absolute Gasteiger partial charge is 0.306 e. The summed E-state index contributed by atoms with van der Waals surface area (Å²) in [5, 5.41) is 0. The van der Waals surface area contributed by atoms with Gasteiger partial charge in [-0.3, -0.25) is 14.2 Å². The van der Waals surface area contributed by atoms with Crippen LogP contribution in [-0.2, 0) is 32.7 Å². The Hall–Kier alpha value is -2.29. The number of phosphoric acid groups is 1. The van der Waals surface area contributed by atoms with Crippen molar-refractivity contribution in [3.8, 4) is 0 Å². The summed E-state index contributed by atoms with van der Waals surface area (Å²) >= 11 is 0. The first-order valence-electron chi connectivity index (χ1n) is 32.5. The summed E-state index contributed by atoms with van der Waals surface area (Å²) in [7, 11) is 1.17. The number of allylic oxidation sites excluding steroid dienone is 10. The molecule has 0 heterocycles. The van der Waals surface area contributed by atoms with Crippen LogP contribution >= 0.6 is 7.82 Å². The van der Waals surface area contributed by atoms with Crippen LogP contribution in [0.1, 0.15) is 303 Å². The zero-order valence-electron chi connectivity index (χ0n) is 51.2. The molecule has 0 aliphatic heterocycles. The number of ether oxygens (including phenoxy) is 2. The number of likely N-dealkylation sites (N-methyl/N-ethyl adjacent to an activating group) is 1. The van der Waals surface area contributed by atoms with Gasteiger partial charge in [0.2, 0.25) is 0 Å². The number of nitrogens with zero attached hydrogens (tertiary/aromatic N) is 1. The predicted octanol–water partition coefficient (Wildman–Crippen LogP) is 20.0. The number of unbranched alkanes of at least 4 members (excludes halogenated alkanes) is 36. The number of hydrogen-bond acceptors (Lipinski definition) is 8. The van der Waals surface area contributed by atoms with E-state index in [0.717, 1.165) is 77.0 Å². The molecule has 0 aliphatic carbocycles. The van der Waals surface area contributed by atoms with Crippen molar-refractivity contribution < 1.29 is 42.1 Å². The molecule has 10 heteroatoms. The van der Waals surface area contributed by atoms with Gasteiger partial charge in [0.05, 0.1) is 27.7 Å². The number of rotatable bonds is 60. The van der Waals surface area contributed by atoms with Crippen LogP contribution in [0.2, 0.25) is 0 Å². The first-order chi connectivity index (χ1) is 37.5. The molecule has 0 amide bonds. The Balaban J connectivity index is 3.83. The lowest BCUT2D eigenvalue weighted by atomic mass is 10.0. The summed E-state index contributed by atoms with van der Waals surface area (Å²) in [6.07, 6.45) is 76.1. The molecule has 0 N–H and O–H groups in total. The maximum absolute atomic E-state index is 12.8. The lowest BCUT2D eigenvalue weighted by Gasteiger charge is -2.28. The van der Waals surface area contributed by atoms with Crippen molar-refractivity contribution >= 4 is 19.8 Å². The minimum Gasteiger partial charge on any atom is -0.756 e. The SMILES string of the molecule is CC/C=C\C/C=C\C/C=C\C/C=C\CCCCCCCCCCCCCCCCCCCCCCCCCCCCCCC(=O)OC(COC(=O)CCCCCCC/C=C\CCCCC)COP(=O)([O-])OCC[N+](C)(C)C. The molecule has 0 spiro atoms. The summed E-state index contributed by atoms with van der Waals surface area (Å²) in [6.45, 7) is 4.12. The summed E-state index contributed by atoms with van der Waals surface area (Å²) in [5.41, 5.74) is 0. The Kier molecular flexibility index (Phi) is 56.6. The molecule has 77 heavy (non-hydrogen) atoms. The van der Waals surface area contributed by atoms with Gasteiger partial charge in [0.1, 0.15) is 19.8 Å². The molecule has 450 valence electrons. The molecule has 2 atom stereocenters. The average Bonchev–Trinajstić information content (AvgIpc) is 3.39. The lowest BCUT2D eigenvalue weighted by Crippen LogP contribution is -2.37. The minimum absolute atomic E-state index is 0.0306. The van der Waals surface area contributed by atoms with Crippen LogP contribution < -0.4 is 4.89 Å². The first-order valence-corrected chi connectivity index (χ1v) is 34.0. The molecule has 0 aliphatic rings. The summed E-state index contributed by atoms with van der Waals surface area (Å²) in [5.74, 6) is -0.832. The zero-order chi connectivity index (χ0) is 56.3. The van der Waals surface area contributed by atoms with E-state index < -0.39 is 26.5 Å². The number of quaternary nitrogens is 1. The maximum Gasteiger partial charge on any atom is 0.306 e. The van der Waals surface area contributed by atoms with Crippen LogP contribution in [0.5, 0.6) is 0 Å². The Labute approximate surface area is 476 Å². The Morgan fingerprint density at radius 3 is 1.12 bits per heavy atom. The third-order valence-corrected chi connectivity index (χ3v) is 15.2. The average molecular weight is 1100 g/mol. The number of esters is 2. The highest BCUT2D eigenvalue weighted by molar-refractivity contribution is 7.45. The van der Waals surface area contributed by atoms with Crippen LogP contribution in [0.15, 0.2) is 60.8 Å². The summed E-state index contributed by atoms with van der Waals surface area (Å²) in [4.78, 5) is 37.8. The molecular weight excluding hydrogens is 978 g/mol. The molecular formula is C67H124NO8P. The molecule has 0 saturated carbocycles. The van der Waals surface area contributed by atoms with Gasteiger partial charge >= 0.3 is 11.9 Å². The summed E-state index contributed by atoms with van der Waals surface area (Å²) in [6, 6.07) is 0. The fourth-order valence-corrected chi connectivity index (χ4v) is 10.0. The van der Waals surface area contributed by atoms with Gasteiger partial charge in [-0.25, -0.2) is 0 Å². The second-order valence-electron chi connectivity index (χ2n) is 23.1. The predicted molar refractivity (Wildman–Crippen MR) is 328 cm³/mol. The lowest BCUT2D eigenvalue weighted by molar-refractivity contribution is -0.870. The van der Waals surface area contributed by atoms with Crippen LogP contribution in [-0.4, -0.2) is 70.0 Å². The van der Waals surface area contributed by atoms with Crippen molar-refractivity contribution in [1.29, 1.82) is 0 Å². The molecule has 2 unspecified atom stereocenters. The van der Waals surface area contributed by atoms with Crippen LogP contribution in [0.3, 0.4) is 0 Å². The molecule has 0 aromatic carbocycles. The van der Waals surface area contributed by atoms with E-state index in [4.69, 9.17) is 18.5 Å². The van der Waals surface area contributed by atoms with Crippen molar-refractivity contribution in [2.75, 3.05) is 47.5 Å². The van der Waals surface area contributed by atoms with E-state index in [1.807, 2.05) is 21.1 Å². The molecule has 0 rings (SSSR count). The molecule has 9 nitrogen and oxygen atoms in total. The van der Waals surface area contributed by atoms with E-state index in [2.05, 4.69) is 74.6 Å². The van der Waals surface area contributed by atoms with Crippen LogP contribution in [0, 0.1) is 0 Å². The maximum atomic E-state index is 12.8. The van der Waals surface area contributed by atoms with E-state index in [9.17, 15) is 19.0 Å². The van der Waals surface area contributed by atoms with E-state index in [1.54, 1.807) is 0 Å². The fourth-order valence-electron chi connectivity index (χ4n) is 9.29. The second kappa shape index (κ2) is 58.4. The van der Waals surface area contributed by atoms with Crippen molar-refractivity contribution in [3.05, 3.63) is 60.8 Å². The van der Waals surface area contributed by atoms with Crippen molar-refractivity contribution in [3.63, 3.8) is 0 Å². The fraction of sp³-hybridized carbons (Fsp3) is 0.821. The third kappa shape index (κ3) is 62.8. The van der Waals surface area contributed by atoms with E-state index in [-0.39, 0.29) is 32.0 Å². The molecule has 0 saturated heterocycles. The topological polar surface area (TPSA) is 111 Å². The van der Waals surface area contributed by atoms with Gasteiger partial charge in [0.15, 0.2) is 6.10 Å². The number of phosphoric ester groups is 1. The van der Waals surface area contributed by atoms with Gasteiger partial charge in [-0.05, 0) is 77.0 Å². The van der Waals surface area contributed by atoms with Gasteiger partial charge in [-0.2, -0.15) is 0 Å². The third-order valence-electron chi connectivity index (χ3n) is 14.3. The van der Waals surface area contributed by atoms with Crippen molar-refractivity contribution in [1.82, 2.24) is 0 Å². The number of hydrogen-bond donors (Lipinski definition) is 0. The molecule has 0 aromatic heterocycles. The first kappa shape index (κ1) is 74.7. The summed E-state index contributed by atoms with van der Waals surface area (Å²) < 4.78 is 34.1. The van der Waals surface area contributed by atoms with E-state index in [1.165, 1.54) is 193 Å². The number of carbonyl (C=O) groups is 2. The number of carbonyl (C=O) groups excluding carboxylic acids is 2. The largest absolute Gasteiger partial charge is 0.756 e. The van der Waals surface area contributed by atoms with Crippen molar-refractivity contribution in [2.24, 2.45) is 0 Å². The van der Waals surface area contributed by atoms with Crippen LogP contribution in [0.25, 0.3) is 0 Å². The molecule has 0 radical (unpaired) electrons. The van der Waals surface area contributed by atoms with Gasteiger partial charge in [0, 0.05) is 12.8 Å².